The summed E-state index contributed by atoms with van der Waals surface area (Å²) >= 11 is 0. The van der Waals surface area contributed by atoms with Crippen molar-refractivity contribution in [2.24, 2.45) is 0 Å². The second kappa shape index (κ2) is 20.7. The van der Waals surface area contributed by atoms with Crippen LogP contribution in [0.4, 0.5) is 93.5 Å². The summed E-state index contributed by atoms with van der Waals surface area (Å²) in [6.07, 6.45) is -7.22. The van der Waals surface area contributed by atoms with Crippen LogP contribution in [0.5, 0.6) is 0 Å². The Morgan fingerprint density at radius 1 is 0.339 bits per heavy atom. The van der Waals surface area contributed by atoms with E-state index in [1.54, 1.807) is 0 Å². The molecule has 0 saturated heterocycles. The number of para-hydroxylation sites is 1. The lowest BCUT2D eigenvalue weighted by Crippen LogP contribution is -3.00. The van der Waals surface area contributed by atoms with Gasteiger partial charge in [0.15, 0.2) is 69.8 Å². The Bertz CT molecular complexity index is 2050. The minimum absolute atomic E-state index is 0.727. The summed E-state index contributed by atoms with van der Waals surface area (Å²) in [5.41, 5.74) is -13.0. The maximum Gasteiger partial charge on any atom is 0.200 e. The molecule has 62 heavy (non-hydrogen) atoms. The summed E-state index contributed by atoms with van der Waals surface area (Å²) < 4.78 is 304. The summed E-state index contributed by atoms with van der Waals surface area (Å²) in [5.74, 6) is -71.4. The van der Waals surface area contributed by atoms with Gasteiger partial charge in [-0.15, -0.1) is 21.9 Å². The van der Waals surface area contributed by atoms with Crippen LogP contribution in [0, 0.1) is 116 Å². The van der Waals surface area contributed by atoms with Gasteiger partial charge in [0, 0.05) is 13.2 Å². The van der Waals surface area contributed by atoms with Crippen LogP contribution in [0.15, 0.2) is 30.3 Å². The molecule has 0 bridgehead atoms. The lowest BCUT2D eigenvalue weighted by atomic mass is 9.12. The van der Waals surface area contributed by atoms with Crippen molar-refractivity contribution in [1.82, 2.24) is 0 Å². The molecule has 24 heteroatoms. The van der Waals surface area contributed by atoms with Crippen molar-refractivity contribution >= 4 is 33.7 Å². The monoisotopic (exact) mass is 919 g/mol. The Labute approximate surface area is 337 Å². The zero-order chi connectivity index (χ0) is 47.3. The average Bonchev–Trinajstić information content (AvgIpc) is 3.25. The summed E-state index contributed by atoms with van der Waals surface area (Å²) in [7, 11) is 4.24. The Balaban J connectivity index is 0.000000500. The van der Waals surface area contributed by atoms with E-state index >= 15 is 35.1 Å². The van der Waals surface area contributed by atoms with Crippen LogP contribution >= 0.6 is 0 Å². The van der Waals surface area contributed by atoms with Gasteiger partial charge in [-0.1, -0.05) is 18.2 Å². The smallest absolute Gasteiger partial charge is 0.200 e. The van der Waals surface area contributed by atoms with Gasteiger partial charge in [0.25, 0.3) is 0 Å². The summed E-state index contributed by atoms with van der Waals surface area (Å²) in [6.45, 7) is 6.98. The molecule has 3 nitrogen and oxygen atoms in total. The second-order valence-corrected chi connectivity index (χ2v) is 12.6. The molecule has 0 aliphatic carbocycles. The Morgan fingerprint density at radius 3 is 0.694 bits per heavy atom. The number of benzene rings is 5. The minimum atomic E-state index is -7.22. The maximum atomic E-state index is 15.4. The van der Waals surface area contributed by atoms with Crippen LogP contribution in [-0.2, 0) is 9.47 Å². The van der Waals surface area contributed by atoms with Gasteiger partial charge in [-0.25, -0.2) is 87.8 Å². The van der Waals surface area contributed by atoms with Crippen LogP contribution < -0.4 is 26.8 Å². The lowest BCUT2D eigenvalue weighted by molar-refractivity contribution is -0.786. The van der Waals surface area contributed by atoms with Crippen molar-refractivity contribution in [3.05, 3.63) is 147 Å². The molecular weight excluding hydrogens is 893 g/mol. The molecule has 1 N–H and O–H groups in total. The van der Waals surface area contributed by atoms with E-state index in [9.17, 15) is 52.7 Å². The number of rotatable bonds is 10. The van der Waals surface area contributed by atoms with Crippen molar-refractivity contribution in [1.29, 1.82) is 0 Å². The standard InChI is InChI=1S/C24BF20.C8H11N.C6H14O2/c26-5-1(6(27)14(35)21(42)13(5)34)25(2-7(28)15(36)22(43)16(37)8(2)29,3-9(30)17(38)23(44)18(39)10(3)31)4-11(32)19(40)24(45)20(41)12(4)33;1-9(2)8-6-4-3-5-7-8;1-3-7-5-6-8-4-2/h;3-7H,1-2H3;3-6H2,1-2H3/q-1;;/p+1. The molecule has 0 aliphatic rings. The third-order valence-corrected chi connectivity index (χ3v) is 8.84. The predicted octanol–water partition coefficient (Wildman–Crippen LogP) is 7.37. The summed E-state index contributed by atoms with van der Waals surface area (Å²) in [4.78, 5) is 1.37. The van der Waals surface area contributed by atoms with E-state index in [2.05, 4.69) is 38.4 Å². The first-order valence-corrected chi connectivity index (χ1v) is 17.2. The quantitative estimate of drug-likeness (QED) is 0.0521. The molecule has 5 aromatic rings. The first-order valence-electron chi connectivity index (χ1n) is 17.2. The zero-order valence-corrected chi connectivity index (χ0v) is 31.7. The number of halogens is 20. The van der Waals surface area contributed by atoms with E-state index in [0.717, 1.165) is 26.4 Å². The van der Waals surface area contributed by atoms with E-state index in [1.165, 1.54) is 10.6 Å². The molecule has 0 fully saturated rings. The molecule has 0 unspecified atom stereocenters. The van der Waals surface area contributed by atoms with Gasteiger partial charge in [-0.3, -0.25) is 0 Å². The molecule has 0 atom stereocenters. The SMILES string of the molecule is CCOCCOCC.C[NH+](C)c1ccccc1.Fc1c(F)c(F)c([B-](c2c(F)c(F)c(F)c(F)c2F)(c2c(F)c(F)c(F)c(F)c2F)c2c(F)c(F)c(F)c(F)c2F)c(F)c1F. The number of hydrogen-bond donors (Lipinski definition) is 1. The van der Waals surface area contributed by atoms with Gasteiger partial charge in [0.05, 0.1) is 27.3 Å². The van der Waals surface area contributed by atoms with Gasteiger partial charge < -0.3 is 14.4 Å². The van der Waals surface area contributed by atoms with Crippen molar-refractivity contribution in [2.45, 2.75) is 13.8 Å². The van der Waals surface area contributed by atoms with E-state index in [-0.39, 0.29) is 0 Å². The number of ether oxygens (including phenoxy) is 2. The zero-order valence-electron chi connectivity index (χ0n) is 31.7. The van der Waals surface area contributed by atoms with Gasteiger partial charge in [0.2, 0.25) is 0 Å². The number of nitrogens with one attached hydrogen (secondary N) is 1. The highest BCUT2D eigenvalue weighted by Crippen LogP contribution is 2.30. The lowest BCUT2D eigenvalue weighted by Gasteiger charge is -2.44. The molecule has 338 valence electrons. The fourth-order valence-electron chi connectivity index (χ4n) is 6.05. The van der Waals surface area contributed by atoms with Gasteiger partial charge in [0.1, 0.15) is 58.4 Å². The molecule has 0 saturated carbocycles. The molecule has 5 rings (SSSR count). The van der Waals surface area contributed by atoms with E-state index in [1.807, 2.05) is 19.9 Å². The summed E-state index contributed by atoms with van der Waals surface area (Å²) in [6, 6.07) is 10.4. The first kappa shape index (κ1) is 51.0. The molecule has 0 radical (unpaired) electrons. The van der Waals surface area contributed by atoms with Crippen molar-refractivity contribution in [3.63, 3.8) is 0 Å². The van der Waals surface area contributed by atoms with Crippen LogP contribution in [0.1, 0.15) is 13.8 Å². The van der Waals surface area contributed by atoms with Crippen LogP contribution in [0.2, 0.25) is 0 Å². The number of quaternary nitrogens is 1. The van der Waals surface area contributed by atoms with Crippen LogP contribution in [-0.4, -0.2) is 46.7 Å². The molecule has 0 amide bonds. The van der Waals surface area contributed by atoms with E-state index in [0.29, 0.717) is 0 Å². The minimum Gasteiger partial charge on any atom is -0.379 e. The fraction of sp³-hybridized carbons (Fsp3) is 0.211. The highest BCUT2D eigenvalue weighted by atomic mass is 19.2. The molecule has 0 aromatic heterocycles. The molecular formula is C38H26BF20NO2. The van der Waals surface area contributed by atoms with Crippen LogP contribution in [0.25, 0.3) is 0 Å². The van der Waals surface area contributed by atoms with Gasteiger partial charge in [-0.05, 0) is 26.0 Å². The topological polar surface area (TPSA) is 22.9 Å². The van der Waals surface area contributed by atoms with Gasteiger partial charge >= 0.3 is 0 Å². The van der Waals surface area contributed by atoms with Crippen LogP contribution in [0.3, 0.4) is 0 Å². The van der Waals surface area contributed by atoms with Crippen molar-refractivity contribution in [3.8, 4) is 0 Å². The Kier molecular flexibility index (Phi) is 17.0. The highest BCUT2D eigenvalue weighted by Gasteiger charge is 2.52. The maximum absolute atomic E-state index is 15.4. The Hall–Kier alpha value is -5.36. The van der Waals surface area contributed by atoms with Gasteiger partial charge in [-0.2, -0.15) is 0 Å². The third kappa shape index (κ3) is 9.07. The molecule has 5 aromatic carbocycles. The number of hydrogen-bond acceptors (Lipinski definition) is 2. The highest BCUT2D eigenvalue weighted by molar-refractivity contribution is 7.20. The normalized spacial score (nSPS) is 11.4. The van der Waals surface area contributed by atoms with Crippen molar-refractivity contribution in [2.75, 3.05) is 40.5 Å². The van der Waals surface area contributed by atoms with E-state index < -0.39 is 144 Å². The largest absolute Gasteiger partial charge is 0.379 e. The van der Waals surface area contributed by atoms with Crippen molar-refractivity contribution < 1.29 is 102 Å². The first-order chi connectivity index (χ1) is 28.9. The van der Waals surface area contributed by atoms with E-state index in [4.69, 9.17) is 9.47 Å². The third-order valence-electron chi connectivity index (χ3n) is 8.84. The Morgan fingerprint density at radius 2 is 0.532 bits per heavy atom. The predicted molar refractivity (Wildman–Crippen MR) is 181 cm³/mol. The summed E-state index contributed by atoms with van der Waals surface area (Å²) in [5, 5.41) is 0. The average molecular weight is 919 g/mol. The fourth-order valence-corrected chi connectivity index (χ4v) is 6.05. The second-order valence-electron chi connectivity index (χ2n) is 12.6. The molecule has 0 spiro atoms. The molecule has 0 heterocycles. The molecule has 0 aliphatic heterocycles.